The Morgan fingerprint density at radius 2 is 1.56 bits per heavy atom. The van der Waals surface area contributed by atoms with E-state index in [2.05, 4.69) is 10.4 Å². The third-order valence-electron chi connectivity index (χ3n) is 5.28. The number of aromatic hydroxyl groups is 1. The van der Waals surface area contributed by atoms with E-state index < -0.39 is 23.2 Å². The third kappa shape index (κ3) is 4.29. The highest BCUT2D eigenvalue weighted by Crippen LogP contribution is 2.32. The second kappa shape index (κ2) is 9.41. The van der Waals surface area contributed by atoms with Gasteiger partial charge in [-0.2, -0.15) is 5.10 Å². The minimum absolute atomic E-state index is 0.108. The van der Waals surface area contributed by atoms with Crippen LogP contribution in [0.3, 0.4) is 0 Å². The maximum Gasteiger partial charge on any atom is 0.339 e. The maximum atomic E-state index is 13.5. The third-order valence-corrected chi connectivity index (χ3v) is 5.28. The molecular weight excluding hydrogens is 434 g/mol. The first-order valence-electron chi connectivity index (χ1n) is 10.5. The van der Waals surface area contributed by atoms with Gasteiger partial charge in [0.05, 0.1) is 5.69 Å². The highest BCUT2D eigenvalue weighted by Gasteiger charge is 2.25. The summed E-state index contributed by atoms with van der Waals surface area (Å²) < 4.78 is 1.23. The van der Waals surface area contributed by atoms with E-state index in [-0.39, 0.29) is 23.4 Å². The van der Waals surface area contributed by atoms with E-state index in [1.54, 1.807) is 31.2 Å². The van der Waals surface area contributed by atoms with E-state index >= 15 is 0 Å². The van der Waals surface area contributed by atoms with Crippen molar-refractivity contribution in [1.82, 2.24) is 9.78 Å². The summed E-state index contributed by atoms with van der Waals surface area (Å²) in [5, 5.41) is 26.3. The number of rotatable bonds is 6. The molecule has 0 bridgehead atoms. The maximum absolute atomic E-state index is 13.5. The first-order chi connectivity index (χ1) is 16.4. The summed E-state index contributed by atoms with van der Waals surface area (Å²) in [4.78, 5) is 38.0. The Morgan fingerprint density at radius 3 is 2.12 bits per heavy atom. The molecule has 0 aliphatic heterocycles. The zero-order chi connectivity index (χ0) is 24.2. The smallest absolute Gasteiger partial charge is 0.339 e. The Balaban J connectivity index is 1.92. The van der Waals surface area contributed by atoms with Crippen LogP contribution in [-0.2, 0) is 6.54 Å². The number of benzene rings is 3. The average molecular weight is 455 g/mol. The molecule has 170 valence electrons. The first-order valence-corrected chi connectivity index (χ1v) is 10.5. The fourth-order valence-electron chi connectivity index (χ4n) is 3.66. The molecule has 0 spiro atoms. The Kier molecular flexibility index (Phi) is 6.22. The van der Waals surface area contributed by atoms with Gasteiger partial charge in [0.2, 0.25) is 0 Å². The largest absolute Gasteiger partial charge is 0.507 e. The number of aromatic carboxylic acids is 1. The van der Waals surface area contributed by atoms with Crippen LogP contribution in [0.5, 0.6) is 5.75 Å². The molecule has 0 fully saturated rings. The van der Waals surface area contributed by atoms with Gasteiger partial charge in [-0.3, -0.25) is 9.59 Å². The summed E-state index contributed by atoms with van der Waals surface area (Å²) in [7, 11) is 0. The number of anilines is 1. The number of nitrogens with one attached hydrogen (secondary N) is 1. The quantitative estimate of drug-likeness (QED) is 0.400. The van der Waals surface area contributed by atoms with Crippen molar-refractivity contribution in [3.63, 3.8) is 0 Å². The van der Waals surface area contributed by atoms with Gasteiger partial charge < -0.3 is 15.5 Å². The number of carboxylic acid groups (broad SMARTS) is 1. The molecule has 1 aromatic heterocycles. The lowest BCUT2D eigenvalue weighted by Gasteiger charge is -2.17. The molecule has 0 atom stereocenters. The molecule has 3 aromatic carbocycles. The molecule has 0 saturated carbocycles. The number of hydrogen-bond acceptors (Lipinski definition) is 5. The lowest BCUT2D eigenvalue weighted by Crippen LogP contribution is -2.32. The number of carbonyl (C=O) groups excluding carboxylic acids is 1. The van der Waals surface area contributed by atoms with Gasteiger partial charge >= 0.3 is 5.97 Å². The van der Waals surface area contributed by atoms with Crippen molar-refractivity contribution in [2.24, 2.45) is 0 Å². The van der Waals surface area contributed by atoms with Crippen LogP contribution >= 0.6 is 0 Å². The number of carboxylic acids is 1. The first kappa shape index (κ1) is 22.5. The van der Waals surface area contributed by atoms with Crippen molar-refractivity contribution in [3.05, 3.63) is 100 Å². The van der Waals surface area contributed by atoms with E-state index in [0.717, 1.165) is 11.6 Å². The van der Waals surface area contributed by atoms with Gasteiger partial charge in [-0.15, -0.1) is 0 Å². The van der Waals surface area contributed by atoms with Crippen molar-refractivity contribution in [1.29, 1.82) is 0 Å². The van der Waals surface area contributed by atoms with Crippen LogP contribution in [0.1, 0.15) is 27.6 Å². The summed E-state index contributed by atoms with van der Waals surface area (Å²) in [6.07, 6.45) is 0. The number of nitrogens with zero attached hydrogens (tertiary/aromatic N) is 2. The lowest BCUT2D eigenvalue weighted by molar-refractivity contribution is 0.0693. The lowest BCUT2D eigenvalue weighted by atomic mass is 9.95. The highest BCUT2D eigenvalue weighted by molar-refractivity contribution is 6.10. The Bertz CT molecular complexity index is 1430. The van der Waals surface area contributed by atoms with Gasteiger partial charge in [0.15, 0.2) is 0 Å². The van der Waals surface area contributed by atoms with Crippen LogP contribution in [-0.4, -0.2) is 31.9 Å². The van der Waals surface area contributed by atoms with Gasteiger partial charge in [0.1, 0.15) is 16.9 Å². The minimum Gasteiger partial charge on any atom is -0.507 e. The van der Waals surface area contributed by atoms with Crippen LogP contribution in [0.25, 0.3) is 22.4 Å². The van der Waals surface area contributed by atoms with Crippen molar-refractivity contribution in [2.45, 2.75) is 13.5 Å². The summed E-state index contributed by atoms with van der Waals surface area (Å²) in [6.45, 7) is 2.01. The van der Waals surface area contributed by atoms with Crippen LogP contribution in [0, 0.1) is 0 Å². The number of amides is 1. The predicted molar refractivity (Wildman–Crippen MR) is 128 cm³/mol. The normalized spacial score (nSPS) is 10.6. The summed E-state index contributed by atoms with van der Waals surface area (Å²) in [5.74, 6) is -2.50. The molecule has 1 amide bonds. The minimum atomic E-state index is -1.30. The number of phenols is 1. The van der Waals surface area contributed by atoms with Crippen LogP contribution < -0.4 is 10.9 Å². The molecule has 0 radical (unpaired) electrons. The second-order valence-electron chi connectivity index (χ2n) is 7.44. The van der Waals surface area contributed by atoms with Gasteiger partial charge in [-0.05, 0) is 24.6 Å². The fourth-order valence-corrected chi connectivity index (χ4v) is 3.66. The Hall–Kier alpha value is -4.72. The van der Waals surface area contributed by atoms with Gasteiger partial charge in [-0.1, -0.05) is 60.7 Å². The summed E-state index contributed by atoms with van der Waals surface area (Å²) >= 11 is 0. The molecule has 0 aliphatic carbocycles. The predicted octanol–water partition coefficient (Wildman–Crippen LogP) is 4.25. The molecule has 8 heteroatoms. The van der Waals surface area contributed by atoms with Crippen molar-refractivity contribution in [3.8, 4) is 28.1 Å². The molecule has 0 unspecified atom stereocenters. The number of aromatic nitrogens is 2. The van der Waals surface area contributed by atoms with Crippen molar-refractivity contribution in [2.75, 3.05) is 5.32 Å². The van der Waals surface area contributed by atoms with Crippen molar-refractivity contribution >= 4 is 17.6 Å². The van der Waals surface area contributed by atoms with Crippen molar-refractivity contribution < 1.29 is 19.8 Å². The van der Waals surface area contributed by atoms with E-state index in [9.17, 15) is 19.5 Å². The van der Waals surface area contributed by atoms with E-state index in [1.165, 1.54) is 16.8 Å². The second-order valence-corrected chi connectivity index (χ2v) is 7.44. The molecule has 8 nitrogen and oxygen atoms in total. The molecule has 0 aliphatic rings. The number of carbonyl (C=O) groups is 2. The summed E-state index contributed by atoms with van der Waals surface area (Å²) in [5.41, 5.74) is 1.41. The fraction of sp³-hybridized carbons (Fsp3) is 0.0769. The topological polar surface area (TPSA) is 122 Å². The molecular formula is C26H21N3O5. The average Bonchev–Trinajstić information content (AvgIpc) is 2.84. The Morgan fingerprint density at radius 1 is 0.941 bits per heavy atom. The van der Waals surface area contributed by atoms with Gasteiger partial charge in [0, 0.05) is 29.4 Å². The molecule has 0 saturated heterocycles. The number of hydrogen-bond donors (Lipinski definition) is 3. The van der Waals surface area contributed by atoms with Gasteiger partial charge in [0.25, 0.3) is 11.5 Å². The SMILES string of the molecule is CCn1nc(-c2ccccc2)c(-c2ccccc2)c(C(=O)Nc2ccc(C(=O)O)c(O)c2)c1=O. The zero-order valence-electron chi connectivity index (χ0n) is 18.2. The van der Waals surface area contributed by atoms with Gasteiger partial charge in [-0.25, -0.2) is 9.48 Å². The monoisotopic (exact) mass is 455 g/mol. The molecule has 4 aromatic rings. The molecule has 4 rings (SSSR count). The van der Waals surface area contributed by atoms with Crippen LogP contribution in [0.15, 0.2) is 83.7 Å². The van der Waals surface area contributed by atoms with E-state index in [4.69, 9.17) is 5.11 Å². The van der Waals surface area contributed by atoms with Crippen LogP contribution in [0.4, 0.5) is 5.69 Å². The standard InChI is InChI=1S/C26H21N3O5/c1-2-29-25(32)22(24(31)27-18-13-14-19(26(33)34)20(30)15-18)21(16-9-5-3-6-10-16)23(28-29)17-11-7-4-8-12-17/h3-15,30H,2H2,1H3,(H,27,31)(H,33,34). The number of aryl methyl sites for hydroxylation is 1. The summed E-state index contributed by atoms with van der Waals surface area (Å²) in [6, 6.07) is 21.9. The van der Waals surface area contributed by atoms with Crippen LogP contribution in [0.2, 0.25) is 0 Å². The molecule has 34 heavy (non-hydrogen) atoms. The molecule has 3 N–H and O–H groups in total. The zero-order valence-corrected chi connectivity index (χ0v) is 18.2. The van der Waals surface area contributed by atoms with E-state index in [0.29, 0.717) is 16.8 Å². The Labute approximate surface area is 194 Å². The van der Waals surface area contributed by atoms with E-state index in [1.807, 2.05) is 36.4 Å². The highest BCUT2D eigenvalue weighted by atomic mass is 16.4. The molecule has 1 heterocycles.